The molecule has 0 bridgehead atoms. The van der Waals surface area contributed by atoms with E-state index in [9.17, 15) is 23.4 Å². The molecule has 33 heavy (non-hydrogen) atoms. The van der Waals surface area contributed by atoms with Crippen LogP contribution in [0.3, 0.4) is 0 Å². The minimum Gasteiger partial charge on any atom is -0.491 e. The number of amides is 1. The molecule has 0 unspecified atom stereocenters. The molecule has 1 aliphatic rings. The summed E-state index contributed by atoms with van der Waals surface area (Å²) in [5.41, 5.74) is 1.88. The fraction of sp³-hybridized carbons (Fsp3) is 0.545. The van der Waals surface area contributed by atoms with Gasteiger partial charge in [0.15, 0.2) is 0 Å². The number of hydrogen-bond acceptors (Lipinski definition) is 6. The maximum absolute atomic E-state index is 11.9. The fourth-order valence-corrected chi connectivity index (χ4v) is 4.52. The number of ether oxygens (including phenoxy) is 1. The minimum atomic E-state index is -3.35. The van der Waals surface area contributed by atoms with Gasteiger partial charge in [0.1, 0.15) is 12.4 Å². The third-order valence-electron chi connectivity index (χ3n) is 5.50. The van der Waals surface area contributed by atoms with E-state index in [1.54, 1.807) is 50.0 Å². The van der Waals surface area contributed by atoms with Gasteiger partial charge in [0.2, 0.25) is 10.0 Å². The number of fused-ring (bicyclic) bond motifs is 1. The van der Waals surface area contributed by atoms with Crippen molar-refractivity contribution >= 4 is 21.8 Å². The van der Waals surface area contributed by atoms with Gasteiger partial charge < -0.3 is 14.9 Å². The highest BCUT2D eigenvalue weighted by molar-refractivity contribution is 7.89. The average Bonchev–Trinajstić information content (AvgIpc) is 3.16. The first-order valence-electron chi connectivity index (χ1n) is 10.9. The zero-order valence-corrected chi connectivity index (χ0v) is 20.2. The molecule has 11 heteroatoms. The number of sulfonamides is 1. The first kappa shape index (κ1) is 25.0. The summed E-state index contributed by atoms with van der Waals surface area (Å²) in [6, 6.07) is 3.40. The highest BCUT2D eigenvalue weighted by Crippen LogP contribution is 2.43. The molecule has 3 N–H and O–H groups in total. The van der Waals surface area contributed by atoms with Crippen molar-refractivity contribution in [3.05, 3.63) is 30.1 Å². The number of nitrogens with one attached hydrogen (secondary N) is 1. The molecule has 0 radical (unpaired) electrons. The monoisotopic (exact) mass is 480 g/mol. The Morgan fingerprint density at radius 2 is 2.09 bits per heavy atom. The summed E-state index contributed by atoms with van der Waals surface area (Å²) in [6.45, 7) is 7.30. The molecule has 2 aromatic rings. The van der Waals surface area contributed by atoms with Crippen molar-refractivity contribution in [1.29, 1.82) is 0 Å². The van der Waals surface area contributed by atoms with E-state index < -0.39 is 21.7 Å². The Kier molecular flexibility index (Phi) is 7.35. The molecule has 0 saturated carbocycles. The van der Waals surface area contributed by atoms with Crippen LogP contribution in [-0.2, 0) is 23.0 Å². The van der Waals surface area contributed by atoms with Gasteiger partial charge in [-0.25, -0.2) is 17.9 Å². The second-order valence-corrected chi connectivity index (χ2v) is 11.0. The quantitative estimate of drug-likeness (QED) is 0.469. The van der Waals surface area contributed by atoms with Crippen LogP contribution in [0.5, 0.6) is 5.75 Å². The summed E-state index contributed by atoms with van der Waals surface area (Å²) in [7, 11) is -3.35. The number of nitrogens with zero attached hydrogens (tertiary/aromatic N) is 3. The van der Waals surface area contributed by atoms with Crippen molar-refractivity contribution < 1.29 is 28.2 Å². The molecule has 0 saturated heterocycles. The van der Waals surface area contributed by atoms with Crippen molar-refractivity contribution in [2.24, 2.45) is 0 Å². The standard InChI is InChI=1S/C22H32N4O6S/c1-5-33(30,31)24-10-11-32-20-17(16-12-23-25(13-16)14-22(3,4)29)8-9-19-18(20)7-6-15(2)26(19)21(27)28/h8-9,12-13,15,24,29H,5-7,10-11,14H2,1-4H3,(H,27,28)/t15-/m0/s1. The molecule has 3 rings (SSSR count). The summed E-state index contributed by atoms with van der Waals surface area (Å²) < 4.78 is 33.7. The van der Waals surface area contributed by atoms with Crippen LogP contribution in [0.25, 0.3) is 11.1 Å². The third kappa shape index (κ3) is 6.04. The van der Waals surface area contributed by atoms with E-state index in [-0.39, 0.29) is 24.9 Å². The van der Waals surface area contributed by atoms with Gasteiger partial charge in [-0.15, -0.1) is 0 Å². The summed E-state index contributed by atoms with van der Waals surface area (Å²) in [6.07, 6.45) is 3.70. The lowest BCUT2D eigenvalue weighted by Gasteiger charge is -2.34. The molecule has 10 nitrogen and oxygen atoms in total. The molecule has 1 aliphatic heterocycles. The SMILES string of the molecule is CCS(=O)(=O)NCCOc1c(-c2cnn(CC(C)(C)O)c2)ccc2c1CC[C@H](C)N2C(=O)O. The van der Waals surface area contributed by atoms with E-state index >= 15 is 0 Å². The number of hydrogen-bond donors (Lipinski definition) is 3. The van der Waals surface area contributed by atoms with Crippen LogP contribution in [0.4, 0.5) is 10.5 Å². The molecule has 1 amide bonds. The van der Waals surface area contributed by atoms with Crippen molar-refractivity contribution in [2.45, 2.75) is 58.7 Å². The molecule has 1 atom stereocenters. The molecule has 1 aromatic heterocycles. The number of aliphatic hydroxyl groups is 1. The van der Waals surface area contributed by atoms with E-state index in [1.165, 1.54) is 4.90 Å². The number of carboxylic acid groups (broad SMARTS) is 1. The summed E-state index contributed by atoms with van der Waals surface area (Å²) >= 11 is 0. The van der Waals surface area contributed by atoms with Crippen LogP contribution in [0.1, 0.15) is 39.7 Å². The van der Waals surface area contributed by atoms with Gasteiger partial charge in [-0.2, -0.15) is 5.10 Å². The first-order valence-corrected chi connectivity index (χ1v) is 12.6. The van der Waals surface area contributed by atoms with E-state index in [0.29, 0.717) is 30.8 Å². The maximum Gasteiger partial charge on any atom is 0.412 e. The van der Waals surface area contributed by atoms with Gasteiger partial charge in [-0.3, -0.25) is 9.58 Å². The molecule has 0 aliphatic carbocycles. The molecule has 2 heterocycles. The van der Waals surface area contributed by atoms with Gasteiger partial charge >= 0.3 is 6.09 Å². The lowest BCUT2D eigenvalue weighted by molar-refractivity contribution is 0.0577. The normalized spacial score (nSPS) is 16.5. The van der Waals surface area contributed by atoms with Crippen LogP contribution >= 0.6 is 0 Å². The maximum atomic E-state index is 11.9. The summed E-state index contributed by atoms with van der Waals surface area (Å²) in [4.78, 5) is 13.2. The second-order valence-electron chi connectivity index (χ2n) is 8.87. The molecule has 182 valence electrons. The number of rotatable bonds is 9. The smallest absolute Gasteiger partial charge is 0.412 e. The van der Waals surface area contributed by atoms with Crippen LogP contribution in [0, 0.1) is 0 Å². The van der Waals surface area contributed by atoms with Crippen molar-refractivity contribution in [2.75, 3.05) is 23.8 Å². The first-order chi connectivity index (χ1) is 15.4. The van der Waals surface area contributed by atoms with Crippen molar-refractivity contribution in [3.8, 4) is 16.9 Å². The van der Waals surface area contributed by atoms with Crippen LogP contribution in [0.15, 0.2) is 24.5 Å². The Hall–Kier alpha value is -2.63. The van der Waals surface area contributed by atoms with Gasteiger partial charge in [0.05, 0.1) is 29.8 Å². The Labute approximate surface area is 194 Å². The van der Waals surface area contributed by atoms with Crippen LogP contribution < -0.4 is 14.4 Å². The highest BCUT2D eigenvalue weighted by atomic mass is 32.2. The Balaban J connectivity index is 1.98. The summed E-state index contributed by atoms with van der Waals surface area (Å²) in [5.74, 6) is 0.495. The number of anilines is 1. The Morgan fingerprint density at radius 1 is 1.36 bits per heavy atom. The lowest BCUT2D eigenvalue weighted by atomic mass is 9.92. The molecule has 0 fully saturated rings. The van der Waals surface area contributed by atoms with Crippen molar-refractivity contribution in [1.82, 2.24) is 14.5 Å². The molecular weight excluding hydrogens is 448 g/mol. The molecule has 0 spiro atoms. The van der Waals surface area contributed by atoms with Gasteiger partial charge in [-0.05, 0) is 52.7 Å². The third-order valence-corrected chi connectivity index (χ3v) is 6.90. The second kappa shape index (κ2) is 9.70. The van der Waals surface area contributed by atoms with E-state index in [1.807, 2.05) is 6.92 Å². The van der Waals surface area contributed by atoms with Crippen LogP contribution in [0.2, 0.25) is 0 Å². The predicted molar refractivity (Wildman–Crippen MR) is 125 cm³/mol. The Morgan fingerprint density at radius 3 is 2.73 bits per heavy atom. The summed E-state index contributed by atoms with van der Waals surface area (Å²) in [5, 5.41) is 24.2. The van der Waals surface area contributed by atoms with E-state index in [2.05, 4.69) is 9.82 Å². The number of aromatic nitrogens is 2. The van der Waals surface area contributed by atoms with Gasteiger partial charge in [0, 0.05) is 35.5 Å². The zero-order valence-electron chi connectivity index (χ0n) is 19.4. The topological polar surface area (TPSA) is 134 Å². The highest BCUT2D eigenvalue weighted by Gasteiger charge is 2.31. The lowest BCUT2D eigenvalue weighted by Crippen LogP contribution is -2.41. The molecule has 1 aromatic carbocycles. The van der Waals surface area contributed by atoms with Gasteiger partial charge in [-0.1, -0.05) is 0 Å². The van der Waals surface area contributed by atoms with Crippen molar-refractivity contribution in [3.63, 3.8) is 0 Å². The minimum absolute atomic E-state index is 0.0230. The van der Waals surface area contributed by atoms with Gasteiger partial charge in [0.25, 0.3) is 0 Å². The predicted octanol–water partition coefficient (Wildman–Crippen LogP) is 2.46. The number of benzene rings is 1. The zero-order chi connectivity index (χ0) is 24.4. The largest absolute Gasteiger partial charge is 0.491 e. The van der Waals surface area contributed by atoms with E-state index in [4.69, 9.17) is 4.74 Å². The fourth-order valence-electron chi connectivity index (χ4n) is 3.93. The van der Waals surface area contributed by atoms with Crippen LogP contribution in [-0.4, -0.2) is 65.1 Å². The molecular formula is C22H32N4O6S. The number of carbonyl (C=O) groups is 1. The van der Waals surface area contributed by atoms with E-state index in [0.717, 1.165) is 16.7 Å². The average molecular weight is 481 g/mol. The Bertz CT molecular complexity index is 1110.